The second-order valence-corrected chi connectivity index (χ2v) is 4.80. The maximum absolute atomic E-state index is 12.0. The molecular formula is C12H24FN. The summed E-state index contributed by atoms with van der Waals surface area (Å²) in [7, 11) is 0. The molecule has 0 spiro atoms. The zero-order valence-electron chi connectivity index (χ0n) is 9.56. The Balaban J connectivity index is 2.30. The van der Waals surface area contributed by atoms with Gasteiger partial charge in [-0.1, -0.05) is 26.7 Å². The van der Waals surface area contributed by atoms with E-state index in [1.807, 2.05) is 0 Å². The van der Waals surface area contributed by atoms with Crippen LogP contribution >= 0.6 is 0 Å². The number of hydrogen-bond donors (Lipinski definition) is 1. The van der Waals surface area contributed by atoms with E-state index in [1.165, 1.54) is 25.7 Å². The molecule has 1 N–H and O–H groups in total. The summed E-state index contributed by atoms with van der Waals surface area (Å²) in [5.74, 6) is 1.57. The predicted molar refractivity (Wildman–Crippen MR) is 59.2 cm³/mol. The van der Waals surface area contributed by atoms with Crippen molar-refractivity contribution >= 4 is 0 Å². The van der Waals surface area contributed by atoms with Crippen LogP contribution in [0.4, 0.5) is 4.39 Å². The van der Waals surface area contributed by atoms with Gasteiger partial charge in [0.1, 0.15) is 0 Å². The van der Waals surface area contributed by atoms with Crippen molar-refractivity contribution in [2.24, 2.45) is 11.8 Å². The van der Waals surface area contributed by atoms with Crippen LogP contribution in [-0.2, 0) is 0 Å². The van der Waals surface area contributed by atoms with Gasteiger partial charge < -0.3 is 5.32 Å². The Morgan fingerprint density at radius 1 is 1.29 bits per heavy atom. The standard InChI is InChI=1S/C12H24FN/c1-10(2)11-6-3-4-7-12(11)14-9-5-8-13/h10-12,14H,3-9H2,1-2H3. The third kappa shape index (κ3) is 3.56. The van der Waals surface area contributed by atoms with Gasteiger partial charge in [-0.25, -0.2) is 0 Å². The van der Waals surface area contributed by atoms with Gasteiger partial charge in [0.15, 0.2) is 0 Å². The van der Waals surface area contributed by atoms with E-state index in [4.69, 9.17) is 0 Å². The Morgan fingerprint density at radius 2 is 2.00 bits per heavy atom. The Kier molecular flexibility index (Phi) is 5.46. The largest absolute Gasteiger partial charge is 0.314 e. The van der Waals surface area contributed by atoms with Gasteiger partial charge in [-0.15, -0.1) is 0 Å². The number of rotatable bonds is 5. The molecule has 1 nitrogen and oxygen atoms in total. The molecule has 2 atom stereocenters. The summed E-state index contributed by atoms with van der Waals surface area (Å²) < 4.78 is 12.0. The molecule has 0 saturated heterocycles. The van der Waals surface area contributed by atoms with Crippen LogP contribution in [0.2, 0.25) is 0 Å². The van der Waals surface area contributed by atoms with Crippen molar-refractivity contribution < 1.29 is 4.39 Å². The van der Waals surface area contributed by atoms with Gasteiger partial charge in [0.2, 0.25) is 0 Å². The number of alkyl halides is 1. The molecule has 1 saturated carbocycles. The van der Waals surface area contributed by atoms with Gasteiger partial charge in [0.25, 0.3) is 0 Å². The van der Waals surface area contributed by atoms with Crippen LogP contribution in [0.3, 0.4) is 0 Å². The molecule has 14 heavy (non-hydrogen) atoms. The van der Waals surface area contributed by atoms with Crippen molar-refractivity contribution in [1.82, 2.24) is 5.32 Å². The SMILES string of the molecule is CC(C)C1CCCCC1NCCCF. The number of halogens is 1. The van der Waals surface area contributed by atoms with Crippen molar-refractivity contribution in [3.8, 4) is 0 Å². The van der Waals surface area contributed by atoms with E-state index in [0.29, 0.717) is 12.5 Å². The van der Waals surface area contributed by atoms with Crippen LogP contribution in [0.25, 0.3) is 0 Å². The molecule has 0 aromatic carbocycles. The minimum atomic E-state index is -0.188. The summed E-state index contributed by atoms with van der Waals surface area (Å²) in [4.78, 5) is 0. The molecule has 84 valence electrons. The van der Waals surface area contributed by atoms with E-state index in [1.54, 1.807) is 0 Å². The highest BCUT2D eigenvalue weighted by molar-refractivity contribution is 4.82. The van der Waals surface area contributed by atoms with Crippen molar-refractivity contribution in [2.45, 2.75) is 52.0 Å². The third-order valence-corrected chi connectivity index (χ3v) is 3.39. The molecule has 1 aliphatic rings. The van der Waals surface area contributed by atoms with Gasteiger partial charge in [0.05, 0.1) is 6.67 Å². The first kappa shape index (κ1) is 12.0. The molecular weight excluding hydrogens is 177 g/mol. The molecule has 0 radical (unpaired) electrons. The number of nitrogens with one attached hydrogen (secondary N) is 1. The topological polar surface area (TPSA) is 12.0 Å². The van der Waals surface area contributed by atoms with Crippen molar-refractivity contribution in [1.29, 1.82) is 0 Å². The van der Waals surface area contributed by atoms with Crippen LogP contribution in [0.5, 0.6) is 0 Å². The summed E-state index contributed by atoms with van der Waals surface area (Å²) in [5, 5.41) is 3.51. The molecule has 0 bridgehead atoms. The average Bonchev–Trinajstić information content (AvgIpc) is 2.19. The van der Waals surface area contributed by atoms with Gasteiger partial charge in [-0.3, -0.25) is 4.39 Å². The second-order valence-electron chi connectivity index (χ2n) is 4.80. The highest BCUT2D eigenvalue weighted by Crippen LogP contribution is 2.29. The third-order valence-electron chi connectivity index (χ3n) is 3.39. The van der Waals surface area contributed by atoms with Crippen LogP contribution < -0.4 is 5.32 Å². The lowest BCUT2D eigenvalue weighted by Crippen LogP contribution is -2.41. The molecule has 0 heterocycles. The predicted octanol–water partition coefficient (Wildman–Crippen LogP) is 3.15. The van der Waals surface area contributed by atoms with E-state index in [0.717, 1.165) is 18.4 Å². The van der Waals surface area contributed by atoms with Gasteiger partial charge >= 0.3 is 0 Å². The van der Waals surface area contributed by atoms with E-state index in [2.05, 4.69) is 19.2 Å². The Bertz CT molecular complexity index is 147. The van der Waals surface area contributed by atoms with Crippen molar-refractivity contribution in [2.75, 3.05) is 13.2 Å². The molecule has 1 rings (SSSR count). The highest BCUT2D eigenvalue weighted by atomic mass is 19.1. The molecule has 2 unspecified atom stereocenters. The first-order valence-corrected chi connectivity index (χ1v) is 6.05. The first-order valence-electron chi connectivity index (χ1n) is 6.05. The summed E-state index contributed by atoms with van der Waals surface area (Å²) in [6.45, 7) is 5.27. The van der Waals surface area contributed by atoms with Gasteiger partial charge in [0, 0.05) is 6.04 Å². The molecule has 2 heteroatoms. The first-order chi connectivity index (χ1) is 6.75. The second kappa shape index (κ2) is 6.39. The summed E-state index contributed by atoms with van der Waals surface area (Å²) in [6, 6.07) is 0.648. The van der Waals surface area contributed by atoms with Crippen LogP contribution in [0.1, 0.15) is 46.0 Å². The molecule has 1 aliphatic carbocycles. The monoisotopic (exact) mass is 201 g/mol. The normalized spacial score (nSPS) is 28.3. The molecule has 1 fully saturated rings. The maximum atomic E-state index is 12.0. The minimum Gasteiger partial charge on any atom is -0.314 e. The summed E-state index contributed by atoms with van der Waals surface area (Å²) in [5.41, 5.74) is 0. The van der Waals surface area contributed by atoms with Gasteiger partial charge in [-0.2, -0.15) is 0 Å². The Hall–Kier alpha value is -0.110. The summed E-state index contributed by atoms with van der Waals surface area (Å²) >= 11 is 0. The van der Waals surface area contributed by atoms with E-state index in [-0.39, 0.29) is 6.67 Å². The van der Waals surface area contributed by atoms with Crippen LogP contribution in [0, 0.1) is 11.8 Å². The Morgan fingerprint density at radius 3 is 2.64 bits per heavy atom. The molecule has 0 aromatic heterocycles. The molecule has 0 aliphatic heterocycles. The van der Waals surface area contributed by atoms with E-state index >= 15 is 0 Å². The van der Waals surface area contributed by atoms with Crippen LogP contribution in [0.15, 0.2) is 0 Å². The lowest BCUT2D eigenvalue weighted by atomic mass is 9.78. The van der Waals surface area contributed by atoms with Gasteiger partial charge in [-0.05, 0) is 37.6 Å². The fourth-order valence-electron chi connectivity index (χ4n) is 2.57. The fraction of sp³-hybridized carbons (Fsp3) is 1.00. The lowest BCUT2D eigenvalue weighted by molar-refractivity contribution is 0.204. The lowest BCUT2D eigenvalue weighted by Gasteiger charge is -2.35. The molecule has 0 amide bonds. The minimum absolute atomic E-state index is 0.188. The van der Waals surface area contributed by atoms with Crippen molar-refractivity contribution in [3.63, 3.8) is 0 Å². The smallest absolute Gasteiger partial charge is 0.0906 e. The molecule has 0 aromatic rings. The zero-order valence-corrected chi connectivity index (χ0v) is 9.56. The number of hydrogen-bond acceptors (Lipinski definition) is 1. The Labute approximate surface area is 87.5 Å². The highest BCUT2D eigenvalue weighted by Gasteiger charge is 2.26. The van der Waals surface area contributed by atoms with Crippen molar-refractivity contribution in [3.05, 3.63) is 0 Å². The average molecular weight is 201 g/mol. The fourth-order valence-corrected chi connectivity index (χ4v) is 2.57. The van der Waals surface area contributed by atoms with E-state index < -0.39 is 0 Å². The summed E-state index contributed by atoms with van der Waals surface area (Å²) in [6.07, 6.45) is 6.03. The zero-order chi connectivity index (χ0) is 10.4. The maximum Gasteiger partial charge on any atom is 0.0906 e. The van der Waals surface area contributed by atoms with Crippen LogP contribution in [-0.4, -0.2) is 19.3 Å². The van der Waals surface area contributed by atoms with E-state index in [9.17, 15) is 4.39 Å². The quantitative estimate of drug-likeness (QED) is 0.674.